The van der Waals surface area contributed by atoms with Gasteiger partial charge in [-0.05, 0) is 56.2 Å². The van der Waals surface area contributed by atoms with Gasteiger partial charge in [0.15, 0.2) is 11.5 Å². The number of pyridine rings is 1. The molecule has 2 N–H and O–H groups in total. The van der Waals surface area contributed by atoms with E-state index in [4.69, 9.17) is 24.7 Å². The first-order valence-corrected chi connectivity index (χ1v) is 20.7. The molecule has 3 unspecified atom stereocenters. The average molecular weight is 845 g/mol. The summed E-state index contributed by atoms with van der Waals surface area (Å²) in [7, 11) is 3.38. The van der Waals surface area contributed by atoms with E-state index in [9.17, 15) is 9.18 Å². The predicted molar refractivity (Wildman–Crippen MR) is 224 cm³/mol. The lowest BCUT2D eigenvalue weighted by Crippen LogP contribution is -2.69. The first-order valence-electron chi connectivity index (χ1n) is 20.7. The van der Waals surface area contributed by atoms with Crippen LogP contribution < -0.4 is 15.1 Å². The molecule has 4 fully saturated rings. The van der Waals surface area contributed by atoms with Gasteiger partial charge in [-0.2, -0.15) is 20.2 Å². The number of hydrogen-bond acceptors (Lipinski definition) is 12. The van der Waals surface area contributed by atoms with E-state index in [0.717, 1.165) is 43.3 Å². The SMILES string of the molecule is CO[C@H]1CN(C)C(=O)[C@@H]2CC(CN2c2nc(N3C4CC3CN(Cc3ccn[nH]3)C4)nc3c2cnn3-c2ccc(F)cc2F)Nc2cccc(n2)-c2cc(F)cc3nc(C)n(c23)C1. The highest BCUT2D eigenvalue weighted by molar-refractivity contribution is 5.94. The molecular weight excluding hydrogens is 802 g/mol. The third kappa shape index (κ3) is 6.48. The van der Waals surface area contributed by atoms with Gasteiger partial charge in [0, 0.05) is 94.6 Å². The normalized spacial score (nSPS) is 22.8. The van der Waals surface area contributed by atoms with Gasteiger partial charge in [0.05, 0.1) is 41.0 Å². The number of aromatic nitrogens is 9. The van der Waals surface area contributed by atoms with E-state index in [2.05, 4.69) is 30.4 Å². The molecule has 5 atom stereocenters. The molecule has 7 aromatic rings. The summed E-state index contributed by atoms with van der Waals surface area (Å²) in [4.78, 5) is 43.2. The van der Waals surface area contributed by atoms with Gasteiger partial charge in [-0.1, -0.05) is 6.07 Å². The zero-order valence-corrected chi connectivity index (χ0v) is 34.2. The fourth-order valence-corrected chi connectivity index (χ4v) is 9.92. The number of aromatic amines is 1. The third-order valence-corrected chi connectivity index (χ3v) is 12.8. The fraction of sp³-hybridized carbons (Fsp3) is 0.372. The molecule has 4 saturated heterocycles. The van der Waals surface area contributed by atoms with Crippen LogP contribution in [-0.2, 0) is 22.6 Å². The number of methoxy groups -OCH3 is 1. The number of carbonyl (C=O) groups excluding carboxylic acids is 1. The number of likely N-dealkylation sites (N-methyl/N-ethyl adjacent to an activating group) is 1. The van der Waals surface area contributed by atoms with Crippen molar-refractivity contribution in [2.45, 2.75) is 63.1 Å². The van der Waals surface area contributed by atoms with E-state index in [0.29, 0.717) is 70.7 Å². The van der Waals surface area contributed by atoms with Gasteiger partial charge >= 0.3 is 0 Å². The molecule has 5 aliphatic rings. The van der Waals surface area contributed by atoms with Gasteiger partial charge in [-0.15, -0.1) is 0 Å². The van der Waals surface area contributed by atoms with Crippen LogP contribution in [0.3, 0.4) is 0 Å². The molecule has 5 aliphatic heterocycles. The number of ether oxygens (including phenoxy) is 1. The second kappa shape index (κ2) is 14.8. The van der Waals surface area contributed by atoms with Crippen LogP contribution in [0.25, 0.3) is 39.0 Å². The zero-order chi connectivity index (χ0) is 42.4. The van der Waals surface area contributed by atoms with Crippen molar-refractivity contribution in [2.75, 3.05) is 55.5 Å². The van der Waals surface area contributed by atoms with Crippen LogP contribution in [0.4, 0.5) is 30.8 Å². The highest BCUT2D eigenvalue weighted by atomic mass is 19.1. The van der Waals surface area contributed by atoms with Crippen LogP contribution >= 0.6 is 0 Å². The number of piperidine rings is 1. The van der Waals surface area contributed by atoms with Crippen LogP contribution in [0.15, 0.2) is 67.0 Å². The van der Waals surface area contributed by atoms with E-state index in [1.165, 1.54) is 28.9 Å². The van der Waals surface area contributed by atoms with Crippen molar-refractivity contribution in [3.8, 4) is 16.9 Å². The molecule has 12 rings (SSSR count). The Morgan fingerprint density at radius 3 is 2.55 bits per heavy atom. The number of piperazine rings is 1. The highest BCUT2D eigenvalue weighted by Crippen LogP contribution is 2.40. The van der Waals surface area contributed by atoms with E-state index < -0.39 is 29.6 Å². The molecule has 0 saturated carbocycles. The predicted octanol–water partition coefficient (Wildman–Crippen LogP) is 4.69. The Hall–Kier alpha value is -6.60. The van der Waals surface area contributed by atoms with Crippen LogP contribution in [0.1, 0.15) is 24.4 Å². The Kier molecular flexibility index (Phi) is 9.15. The Balaban J connectivity index is 1.01. The highest BCUT2D eigenvalue weighted by Gasteiger charge is 2.47. The Labute approximate surface area is 353 Å². The van der Waals surface area contributed by atoms with E-state index in [1.807, 2.05) is 40.7 Å². The Bertz CT molecular complexity index is 2850. The van der Waals surface area contributed by atoms with Gasteiger partial charge < -0.3 is 29.3 Å². The number of carbonyl (C=O) groups is 1. The average Bonchev–Trinajstić information content (AvgIpc) is 4.07. The van der Waals surface area contributed by atoms with E-state index in [1.54, 1.807) is 31.5 Å². The maximum atomic E-state index is 15.5. The fourth-order valence-electron chi connectivity index (χ4n) is 9.92. The van der Waals surface area contributed by atoms with Gasteiger partial charge in [-0.25, -0.2) is 27.8 Å². The maximum absolute atomic E-state index is 15.5. The second-order valence-electron chi connectivity index (χ2n) is 16.8. The van der Waals surface area contributed by atoms with E-state index >= 15 is 8.78 Å². The molecular formula is C43H43F3N14O2. The summed E-state index contributed by atoms with van der Waals surface area (Å²) >= 11 is 0. The molecule has 0 aliphatic carbocycles. The molecule has 6 bridgehead atoms. The number of imidazole rings is 1. The lowest BCUT2D eigenvalue weighted by atomic mass is 9.88. The number of benzene rings is 2. The molecule has 19 heteroatoms. The summed E-state index contributed by atoms with van der Waals surface area (Å²) in [6.07, 6.45) is 4.22. The van der Waals surface area contributed by atoms with Crippen LogP contribution in [0.2, 0.25) is 0 Å². The number of nitrogens with one attached hydrogen (secondary N) is 2. The number of amides is 1. The monoisotopic (exact) mass is 844 g/mol. The first-order chi connectivity index (χ1) is 30.1. The summed E-state index contributed by atoms with van der Waals surface area (Å²) in [5, 5.41) is 15.8. The smallest absolute Gasteiger partial charge is 0.245 e. The largest absolute Gasteiger partial charge is 0.378 e. The molecule has 0 spiro atoms. The van der Waals surface area contributed by atoms with Crippen LogP contribution in [-0.4, -0.2) is 131 Å². The van der Waals surface area contributed by atoms with Crippen molar-refractivity contribution >= 4 is 45.6 Å². The molecule has 10 heterocycles. The summed E-state index contributed by atoms with van der Waals surface area (Å²) in [6, 6.07) is 13.0. The minimum Gasteiger partial charge on any atom is -0.378 e. The number of halogens is 3. The van der Waals surface area contributed by atoms with Crippen LogP contribution in [0, 0.1) is 24.4 Å². The number of H-pyrrole nitrogens is 1. The molecule has 0 radical (unpaired) electrons. The third-order valence-electron chi connectivity index (χ3n) is 12.8. The van der Waals surface area contributed by atoms with Gasteiger partial charge in [0.25, 0.3) is 0 Å². The van der Waals surface area contributed by atoms with Crippen molar-refractivity contribution < 1.29 is 22.7 Å². The number of fused-ring (bicyclic) bond motifs is 8. The van der Waals surface area contributed by atoms with Gasteiger partial charge in [0.1, 0.15) is 40.8 Å². The minimum absolute atomic E-state index is 0.0322. The van der Waals surface area contributed by atoms with Gasteiger partial charge in [0.2, 0.25) is 11.9 Å². The summed E-state index contributed by atoms with van der Waals surface area (Å²) in [6.45, 7) is 5.08. The number of anilines is 3. The Morgan fingerprint density at radius 2 is 1.76 bits per heavy atom. The molecule has 2 aromatic carbocycles. The van der Waals surface area contributed by atoms with Crippen molar-refractivity contribution in [3.63, 3.8) is 0 Å². The zero-order valence-electron chi connectivity index (χ0n) is 34.2. The molecule has 1 amide bonds. The summed E-state index contributed by atoms with van der Waals surface area (Å²) in [5.74, 6) is 0.0725. The van der Waals surface area contributed by atoms with E-state index in [-0.39, 0.29) is 36.3 Å². The second-order valence-corrected chi connectivity index (χ2v) is 16.8. The van der Waals surface area contributed by atoms with Crippen LogP contribution in [0.5, 0.6) is 0 Å². The minimum atomic E-state index is -0.792. The number of rotatable bonds is 6. The quantitative estimate of drug-likeness (QED) is 0.239. The van der Waals surface area contributed by atoms with Crippen molar-refractivity contribution in [3.05, 3.63) is 96.0 Å². The molecule has 16 nitrogen and oxygen atoms in total. The summed E-state index contributed by atoms with van der Waals surface area (Å²) in [5.41, 5.74) is 3.79. The van der Waals surface area contributed by atoms with Gasteiger partial charge in [-0.3, -0.25) is 14.8 Å². The summed E-state index contributed by atoms with van der Waals surface area (Å²) < 4.78 is 54.2. The lowest BCUT2D eigenvalue weighted by molar-refractivity contribution is -0.132. The maximum Gasteiger partial charge on any atom is 0.245 e. The number of hydrogen-bond donors (Lipinski definition) is 2. The lowest BCUT2D eigenvalue weighted by Gasteiger charge is -2.56. The molecule has 62 heavy (non-hydrogen) atoms. The molecule has 5 aromatic heterocycles. The number of nitrogens with zero attached hydrogens (tertiary/aromatic N) is 12. The standard InChI is InChI=1S/C43H43F3N14O2/c1-23-49-35-13-25(45)11-31-34-5-4-6-38(51-34)50-27-14-37(42(61)55(2)21-30(62-3)22-57(23)39(31)35)58(18-27)40-32-16-48-60(36-8-7-24(44)12-33(36)46)41(32)53-43(52-40)59-28-15-29(59)20-56(19-28)17-26-9-10-47-54-26/h4-13,16,27-30,37H,14-15,17-22H2,1-3H3,(H,47,54)(H,50,51)/t27?,28?,29?,30-,37-/m0/s1. The topological polar surface area (TPSA) is 154 Å². The first kappa shape index (κ1) is 38.3. The Morgan fingerprint density at radius 1 is 0.903 bits per heavy atom. The molecule has 318 valence electrons. The van der Waals surface area contributed by atoms with Crippen molar-refractivity contribution in [2.24, 2.45) is 0 Å². The number of aryl methyl sites for hydroxylation is 1. The van der Waals surface area contributed by atoms with Crippen molar-refractivity contribution in [1.29, 1.82) is 0 Å². The van der Waals surface area contributed by atoms with Crippen molar-refractivity contribution in [1.82, 2.24) is 54.3 Å².